The van der Waals surface area contributed by atoms with Crippen LogP contribution in [0.3, 0.4) is 0 Å². The highest BCUT2D eigenvalue weighted by Crippen LogP contribution is 2.34. The van der Waals surface area contributed by atoms with Gasteiger partial charge in [0.1, 0.15) is 5.56 Å². The van der Waals surface area contributed by atoms with Gasteiger partial charge in [0.05, 0.1) is 10.6 Å². The van der Waals surface area contributed by atoms with E-state index in [4.69, 9.17) is 5.11 Å². The maximum atomic E-state index is 10.6. The highest BCUT2D eigenvalue weighted by Gasteiger charge is 2.22. The molecular formula is C8H4N2O6. The number of benzene rings is 1. The third kappa shape index (κ3) is 2.02. The number of carbonyl (C=O) groups excluding carboxylic acids is 1. The molecule has 0 amide bonds. The minimum atomic E-state index is -1.57. The van der Waals surface area contributed by atoms with Gasteiger partial charge in [0.2, 0.25) is 11.8 Å². The van der Waals surface area contributed by atoms with E-state index in [1.165, 1.54) is 0 Å². The summed E-state index contributed by atoms with van der Waals surface area (Å²) < 4.78 is 0. The van der Waals surface area contributed by atoms with Crippen LogP contribution < -0.4 is 0 Å². The van der Waals surface area contributed by atoms with Crippen LogP contribution in [-0.2, 0) is 4.79 Å². The predicted molar refractivity (Wildman–Crippen MR) is 49.5 cm³/mol. The lowest BCUT2D eigenvalue weighted by atomic mass is 10.1. The third-order valence-corrected chi connectivity index (χ3v) is 1.68. The van der Waals surface area contributed by atoms with Gasteiger partial charge in [-0.1, -0.05) is 0 Å². The molecular weight excluding hydrogens is 220 g/mol. The molecule has 0 saturated carbocycles. The van der Waals surface area contributed by atoms with Crippen molar-refractivity contribution in [3.05, 3.63) is 27.8 Å². The molecule has 0 spiro atoms. The molecule has 0 bridgehead atoms. The number of carboxylic acids is 1. The highest BCUT2D eigenvalue weighted by molar-refractivity contribution is 5.93. The Hall–Kier alpha value is -2.73. The van der Waals surface area contributed by atoms with Gasteiger partial charge in [-0.05, 0) is 6.07 Å². The molecule has 0 aliphatic heterocycles. The number of phenols is 1. The Bertz CT molecular complexity index is 482. The fourth-order valence-corrected chi connectivity index (χ4v) is 1.02. The van der Waals surface area contributed by atoms with Crippen molar-refractivity contribution < 1.29 is 24.7 Å². The number of aliphatic imine (C=N–C) groups is 1. The summed E-state index contributed by atoms with van der Waals surface area (Å²) in [7, 11) is 0. The van der Waals surface area contributed by atoms with E-state index in [-0.39, 0.29) is 5.69 Å². The number of carboxylic acid groups (broad SMARTS) is 1. The molecule has 0 unspecified atom stereocenters. The Morgan fingerprint density at radius 3 is 2.56 bits per heavy atom. The summed E-state index contributed by atoms with van der Waals surface area (Å²) in [5, 5.41) is 28.4. The maximum absolute atomic E-state index is 10.6. The van der Waals surface area contributed by atoms with E-state index in [1.807, 2.05) is 0 Å². The predicted octanol–water partition coefficient (Wildman–Crippen LogP) is 0.966. The van der Waals surface area contributed by atoms with Crippen molar-refractivity contribution in [1.82, 2.24) is 0 Å². The summed E-state index contributed by atoms with van der Waals surface area (Å²) >= 11 is 0. The molecule has 82 valence electrons. The van der Waals surface area contributed by atoms with Crippen LogP contribution in [-0.4, -0.2) is 27.2 Å². The topological polar surface area (TPSA) is 130 Å². The molecule has 16 heavy (non-hydrogen) atoms. The fourth-order valence-electron chi connectivity index (χ4n) is 1.02. The third-order valence-electron chi connectivity index (χ3n) is 1.68. The molecule has 0 saturated heterocycles. The number of rotatable bonds is 3. The first-order valence-electron chi connectivity index (χ1n) is 3.80. The smallest absolute Gasteiger partial charge is 0.339 e. The first-order valence-corrected chi connectivity index (χ1v) is 3.80. The lowest BCUT2D eigenvalue weighted by molar-refractivity contribution is -0.385. The summed E-state index contributed by atoms with van der Waals surface area (Å²) in [5.41, 5.74) is -1.81. The van der Waals surface area contributed by atoms with Crippen LogP contribution in [0.2, 0.25) is 0 Å². The van der Waals surface area contributed by atoms with Crippen LogP contribution in [0.15, 0.2) is 17.1 Å². The SMILES string of the molecule is O=C=Nc1cc(C(=O)O)c(O)c([N+](=O)[O-])c1. The molecule has 2 N–H and O–H groups in total. The van der Waals surface area contributed by atoms with Gasteiger partial charge < -0.3 is 10.2 Å². The van der Waals surface area contributed by atoms with Gasteiger partial charge in [-0.3, -0.25) is 10.1 Å². The lowest BCUT2D eigenvalue weighted by Gasteiger charge is -2.01. The summed E-state index contributed by atoms with van der Waals surface area (Å²) in [6, 6.07) is 1.60. The van der Waals surface area contributed by atoms with Crippen molar-refractivity contribution in [2.75, 3.05) is 0 Å². The minimum Gasteiger partial charge on any atom is -0.501 e. The highest BCUT2D eigenvalue weighted by atomic mass is 16.6. The van der Waals surface area contributed by atoms with Crippen molar-refractivity contribution in [2.45, 2.75) is 0 Å². The lowest BCUT2D eigenvalue weighted by Crippen LogP contribution is -1.99. The number of hydrogen-bond donors (Lipinski definition) is 2. The number of nitro benzene ring substituents is 1. The van der Waals surface area contributed by atoms with Crippen LogP contribution in [0.5, 0.6) is 5.75 Å². The number of nitrogens with zero attached hydrogens (tertiary/aromatic N) is 2. The quantitative estimate of drug-likeness (QED) is 0.340. The Morgan fingerprint density at radius 2 is 2.12 bits per heavy atom. The van der Waals surface area contributed by atoms with Gasteiger partial charge in [0, 0.05) is 6.07 Å². The standard InChI is InChI=1S/C8H4N2O6/c11-3-9-4-1-5(8(13)14)7(12)6(2-4)10(15)16/h1-2,12H,(H,13,14). The van der Waals surface area contributed by atoms with Gasteiger partial charge in [0.15, 0.2) is 0 Å². The number of carbonyl (C=O) groups is 1. The molecule has 0 atom stereocenters. The van der Waals surface area contributed by atoms with Crippen molar-refractivity contribution in [3.63, 3.8) is 0 Å². The van der Waals surface area contributed by atoms with E-state index < -0.39 is 27.9 Å². The van der Waals surface area contributed by atoms with Crippen molar-refractivity contribution >= 4 is 23.4 Å². The molecule has 1 aromatic rings. The van der Waals surface area contributed by atoms with E-state index in [0.717, 1.165) is 18.2 Å². The summed E-state index contributed by atoms with van der Waals surface area (Å²) in [4.78, 5) is 33.1. The second kappa shape index (κ2) is 4.20. The summed E-state index contributed by atoms with van der Waals surface area (Å²) in [6.07, 6.45) is 1.11. The summed E-state index contributed by atoms with van der Waals surface area (Å²) in [6.45, 7) is 0. The molecule has 0 aliphatic carbocycles. The fraction of sp³-hybridized carbons (Fsp3) is 0. The second-order valence-electron chi connectivity index (χ2n) is 2.63. The monoisotopic (exact) mass is 224 g/mol. The van der Waals surface area contributed by atoms with Crippen LogP contribution in [0.25, 0.3) is 0 Å². The van der Waals surface area contributed by atoms with Crippen LogP contribution in [0.1, 0.15) is 10.4 Å². The molecule has 1 aromatic carbocycles. The Balaban J connectivity index is 3.56. The molecule has 0 aliphatic rings. The second-order valence-corrected chi connectivity index (χ2v) is 2.63. The molecule has 8 heteroatoms. The minimum absolute atomic E-state index is 0.267. The molecule has 1 rings (SSSR count). The number of nitro groups is 1. The Labute approximate surface area is 87.6 Å². The van der Waals surface area contributed by atoms with Gasteiger partial charge in [-0.25, -0.2) is 9.59 Å². The zero-order valence-corrected chi connectivity index (χ0v) is 7.58. The average Bonchev–Trinajstić information content (AvgIpc) is 2.19. The molecule has 0 heterocycles. The van der Waals surface area contributed by atoms with Crippen molar-refractivity contribution in [1.29, 1.82) is 0 Å². The van der Waals surface area contributed by atoms with Crippen LogP contribution in [0, 0.1) is 10.1 Å². The van der Waals surface area contributed by atoms with Gasteiger partial charge in [-0.2, -0.15) is 4.99 Å². The number of aromatic hydroxyl groups is 1. The average molecular weight is 224 g/mol. The van der Waals surface area contributed by atoms with E-state index in [1.54, 1.807) is 0 Å². The number of aromatic carboxylic acids is 1. The Kier molecular flexibility index (Phi) is 2.98. The van der Waals surface area contributed by atoms with Crippen molar-refractivity contribution in [2.24, 2.45) is 4.99 Å². The molecule has 0 fully saturated rings. The maximum Gasteiger partial charge on any atom is 0.339 e. The van der Waals surface area contributed by atoms with Crippen LogP contribution in [0.4, 0.5) is 11.4 Å². The van der Waals surface area contributed by atoms with Gasteiger partial charge in [0.25, 0.3) is 0 Å². The summed E-state index contributed by atoms with van der Waals surface area (Å²) in [5.74, 6) is -2.55. The van der Waals surface area contributed by atoms with E-state index in [0.29, 0.717) is 0 Å². The van der Waals surface area contributed by atoms with Gasteiger partial charge in [-0.15, -0.1) is 0 Å². The zero-order valence-electron chi connectivity index (χ0n) is 7.58. The van der Waals surface area contributed by atoms with E-state index in [9.17, 15) is 24.8 Å². The van der Waals surface area contributed by atoms with E-state index >= 15 is 0 Å². The molecule has 0 radical (unpaired) electrons. The first-order chi connectivity index (χ1) is 7.47. The van der Waals surface area contributed by atoms with E-state index in [2.05, 4.69) is 4.99 Å². The Morgan fingerprint density at radius 1 is 1.50 bits per heavy atom. The normalized spacial score (nSPS) is 9.25. The van der Waals surface area contributed by atoms with Gasteiger partial charge >= 0.3 is 11.7 Å². The first kappa shape index (κ1) is 11.3. The van der Waals surface area contributed by atoms with Crippen LogP contribution >= 0.6 is 0 Å². The largest absolute Gasteiger partial charge is 0.501 e. The van der Waals surface area contributed by atoms with Crippen molar-refractivity contribution in [3.8, 4) is 5.75 Å². The number of isocyanates is 1. The molecule has 8 nitrogen and oxygen atoms in total. The molecule has 0 aromatic heterocycles. The number of hydrogen-bond acceptors (Lipinski definition) is 6. The zero-order chi connectivity index (χ0) is 12.3.